The van der Waals surface area contributed by atoms with E-state index in [0.29, 0.717) is 6.42 Å². The number of carbonyl (C=O) groups excluding carboxylic acids is 1. The summed E-state index contributed by atoms with van der Waals surface area (Å²) in [5.74, 6) is 0.954. The van der Waals surface area contributed by atoms with Crippen molar-refractivity contribution in [2.75, 3.05) is 0 Å². The molecule has 24 heavy (non-hydrogen) atoms. The number of para-hydroxylation sites is 1. The maximum Gasteiger partial charge on any atom is 0.222 e. The summed E-state index contributed by atoms with van der Waals surface area (Å²) >= 11 is 0. The summed E-state index contributed by atoms with van der Waals surface area (Å²) in [5, 5.41) is 3.19. The summed E-state index contributed by atoms with van der Waals surface area (Å²) < 4.78 is 2.10. The Morgan fingerprint density at radius 1 is 1.33 bits per heavy atom. The molecule has 1 fully saturated rings. The van der Waals surface area contributed by atoms with Gasteiger partial charge in [0.2, 0.25) is 5.91 Å². The van der Waals surface area contributed by atoms with E-state index in [4.69, 9.17) is 5.73 Å². The number of nitrogens with two attached hydrogens (primary N) is 1. The summed E-state index contributed by atoms with van der Waals surface area (Å²) in [4.78, 5) is 17.1. The highest BCUT2D eigenvalue weighted by molar-refractivity contribution is 5.77. The molecule has 3 N–H and O–H groups in total. The molecule has 2 heterocycles. The molecule has 0 bridgehead atoms. The molecule has 0 saturated heterocycles. The third-order valence-corrected chi connectivity index (χ3v) is 5.38. The van der Waals surface area contributed by atoms with Gasteiger partial charge in [-0.15, -0.1) is 0 Å². The van der Waals surface area contributed by atoms with Crippen LogP contribution in [0, 0.1) is 0 Å². The smallest absolute Gasteiger partial charge is 0.222 e. The zero-order valence-corrected chi connectivity index (χ0v) is 13.9. The first-order chi connectivity index (χ1) is 11.6. The molecule has 1 aromatic heterocycles. The van der Waals surface area contributed by atoms with Gasteiger partial charge in [-0.1, -0.05) is 31.0 Å². The number of hydrogen-bond acceptors (Lipinski definition) is 3. The summed E-state index contributed by atoms with van der Waals surface area (Å²) in [5.41, 5.74) is 8.50. The highest BCUT2D eigenvalue weighted by atomic mass is 16.1. The van der Waals surface area contributed by atoms with Gasteiger partial charge < -0.3 is 15.6 Å². The zero-order chi connectivity index (χ0) is 16.6. The molecule has 1 atom stereocenters. The number of benzene rings is 1. The molecule has 1 unspecified atom stereocenters. The van der Waals surface area contributed by atoms with Crippen molar-refractivity contribution in [2.24, 2.45) is 5.73 Å². The minimum absolute atomic E-state index is 0.0462. The van der Waals surface area contributed by atoms with Gasteiger partial charge in [-0.3, -0.25) is 4.79 Å². The monoisotopic (exact) mass is 324 g/mol. The van der Waals surface area contributed by atoms with Crippen molar-refractivity contribution in [1.29, 1.82) is 0 Å². The van der Waals surface area contributed by atoms with Gasteiger partial charge >= 0.3 is 0 Å². The Hall–Kier alpha value is -2.14. The quantitative estimate of drug-likeness (QED) is 0.911. The first-order valence-corrected chi connectivity index (χ1v) is 8.84. The standard InChI is InChI=1S/C19H24N4O/c20-19(9-3-4-10-19)13-17(24)22-15-8-7-14-5-1-2-6-16(14)23-12-11-21-18(15)23/h1-2,5-6,11-12,15H,3-4,7-10,13,20H2,(H,22,24). The number of fused-ring (bicyclic) bond motifs is 3. The molecule has 1 saturated carbocycles. The van der Waals surface area contributed by atoms with Crippen molar-refractivity contribution in [2.45, 2.75) is 56.5 Å². The lowest BCUT2D eigenvalue weighted by atomic mass is 9.94. The highest BCUT2D eigenvalue weighted by Gasteiger charge is 2.33. The number of rotatable bonds is 3. The van der Waals surface area contributed by atoms with Crippen LogP contribution >= 0.6 is 0 Å². The summed E-state index contributed by atoms with van der Waals surface area (Å²) in [7, 11) is 0. The van der Waals surface area contributed by atoms with Crippen LogP contribution in [0.2, 0.25) is 0 Å². The van der Waals surface area contributed by atoms with Gasteiger partial charge in [-0.05, 0) is 37.3 Å². The molecule has 5 heteroatoms. The van der Waals surface area contributed by atoms with Crippen LogP contribution in [0.3, 0.4) is 0 Å². The predicted molar refractivity (Wildman–Crippen MR) is 92.8 cm³/mol. The Morgan fingerprint density at radius 3 is 2.96 bits per heavy atom. The van der Waals surface area contributed by atoms with Crippen LogP contribution < -0.4 is 11.1 Å². The van der Waals surface area contributed by atoms with E-state index in [0.717, 1.165) is 50.0 Å². The molecule has 2 aliphatic rings. The lowest BCUT2D eigenvalue weighted by molar-refractivity contribution is -0.123. The first-order valence-electron chi connectivity index (χ1n) is 8.84. The van der Waals surface area contributed by atoms with E-state index in [-0.39, 0.29) is 17.5 Å². The second kappa shape index (κ2) is 6.06. The largest absolute Gasteiger partial charge is 0.346 e. The van der Waals surface area contributed by atoms with Crippen molar-refractivity contribution in [1.82, 2.24) is 14.9 Å². The Kier molecular flexibility index (Phi) is 3.88. The van der Waals surface area contributed by atoms with Gasteiger partial charge in [-0.2, -0.15) is 0 Å². The van der Waals surface area contributed by atoms with E-state index < -0.39 is 0 Å². The molecule has 1 aliphatic heterocycles. The topological polar surface area (TPSA) is 72.9 Å². The number of carbonyl (C=O) groups is 1. The second-order valence-electron chi connectivity index (χ2n) is 7.19. The molecule has 1 aliphatic carbocycles. The van der Waals surface area contributed by atoms with Crippen LogP contribution in [0.1, 0.15) is 56.0 Å². The lowest BCUT2D eigenvalue weighted by Crippen LogP contribution is -2.43. The number of nitrogens with zero attached hydrogens (tertiary/aromatic N) is 2. The van der Waals surface area contributed by atoms with E-state index in [9.17, 15) is 4.79 Å². The molecular weight excluding hydrogens is 300 g/mol. The molecular formula is C19H24N4O. The Labute approximate surface area is 142 Å². The van der Waals surface area contributed by atoms with Crippen molar-refractivity contribution >= 4 is 5.91 Å². The fourth-order valence-corrected chi connectivity index (χ4v) is 4.12. The molecule has 4 rings (SSSR count). The Balaban J connectivity index is 1.54. The van der Waals surface area contributed by atoms with E-state index >= 15 is 0 Å². The summed E-state index contributed by atoms with van der Waals surface area (Å²) in [6, 6.07) is 8.30. The zero-order valence-electron chi connectivity index (χ0n) is 13.9. The van der Waals surface area contributed by atoms with Gasteiger partial charge in [0, 0.05) is 30.0 Å². The van der Waals surface area contributed by atoms with Crippen LogP contribution in [0.25, 0.3) is 5.69 Å². The molecule has 0 spiro atoms. The summed E-state index contributed by atoms with van der Waals surface area (Å²) in [6.45, 7) is 0. The van der Waals surface area contributed by atoms with Gasteiger partial charge in [0.1, 0.15) is 5.82 Å². The van der Waals surface area contributed by atoms with Crippen LogP contribution in [-0.4, -0.2) is 21.0 Å². The van der Waals surface area contributed by atoms with Crippen LogP contribution in [0.5, 0.6) is 0 Å². The fourth-order valence-electron chi connectivity index (χ4n) is 4.12. The van der Waals surface area contributed by atoms with Crippen molar-refractivity contribution in [3.05, 3.63) is 48.0 Å². The maximum atomic E-state index is 12.6. The first kappa shape index (κ1) is 15.4. The molecule has 5 nitrogen and oxygen atoms in total. The average molecular weight is 324 g/mol. The predicted octanol–water partition coefficient (Wildman–Crippen LogP) is 2.64. The molecule has 126 valence electrons. The van der Waals surface area contributed by atoms with Crippen molar-refractivity contribution in [3.63, 3.8) is 0 Å². The van der Waals surface area contributed by atoms with Gasteiger partial charge in [0.05, 0.1) is 6.04 Å². The van der Waals surface area contributed by atoms with Crippen molar-refractivity contribution in [3.8, 4) is 5.69 Å². The summed E-state index contributed by atoms with van der Waals surface area (Å²) in [6.07, 6.45) is 10.1. The fraction of sp³-hybridized carbons (Fsp3) is 0.474. The van der Waals surface area contributed by atoms with E-state index in [1.807, 2.05) is 12.3 Å². The number of nitrogens with one attached hydrogen (secondary N) is 1. The minimum Gasteiger partial charge on any atom is -0.346 e. The third-order valence-electron chi connectivity index (χ3n) is 5.38. The number of hydrogen-bond donors (Lipinski definition) is 2. The van der Waals surface area contributed by atoms with Gasteiger partial charge in [-0.25, -0.2) is 4.98 Å². The average Bonchev–Trinajstić information content (AvgIpc) is 3.18. The minimum atomic E-state index is -0.312. The highest BCUT2D eigenvalue weighted by Crippen LogP contribution is 2.32. The third kappa shape index (κ3) is 2.84. The lowest BCUT2D eigenvalue weighted by Gasteiger charge is -2.24. The van der Waals surface area contributed by atoms with E-state index in [1.54, 1.807) is 6.20 Å². The molecule has 1 amide bonds. The van der Waals surface area contributed by atoms with Crippen LogP contribution in [0.15, 0.2) is 36.7 Å². The van der Waals surface area contributed by atoms with E-state index in [2.05, 4.69) is 33.1 Å². The normalized spacial score (nSPS) is 21.6. The van der Waals surface area contributed by atoms with Crippen LogP contribution in [0.4, 0.5) is 0 Å². The Morgan fingerprint density at radius 2 is 2.12 bits per heavy atom. The SMILES string of the molecule is NC1(CC(=O)NC2CCc3ccccc3-n3ccnc32)CCCC1. The number of aryl methyl sites for hydroxylation is 1. The molecule has 2 aromatic rings. The number of amides is 1. The Bertz CT molecular complexity index is 745. The molecule has 0 radical (unpaired) electrons. The molecule has 1 aromatic carbocycles. The van der Waals surface area contributed by atoms with Crippen LogP contribution in [-0.2, 0) is 11.2 Å². The van der Waals surface area contributed by atoms with Gasteiger partial charge in [0.15, 0.2) is 0 Å². The number of imidazole rings is 1. The second-order valence-corrected chi connectivity index (χ2v) is 7.19. The van der Waals surface area contributed by atoms with Gasteiger partial charge in [0.25, 0.3) is 0 Å². The number of aromatic nitrogens is 2. The maximum absolute atomic E-state index is 12.6. The van der Waals surface area contributed by atoms with Crippen molar-refractivity contribution < 1.29 is 4.79 Å². The van der Waals surface area contributed by atoms with E-state index in [1.165, 1.54) is 5.56 Å².